The molecule has 0 radical (unpaired) electrons. The van der Waals surface area contributed by atoms with Gasteiger partial charge in [-0.15, -0.1) is 0 Å². The molecule has 6 heteroatoms. The molecule has 1 N–H and O–H groups in total. The Balaban J connectivity index is 3.08. The highest BCUT2D eigenvalue weighted by atomic mass is 16.6. The van der Waals surface area contributed by atoms with E-state index in [9.17, 15) is 14.9 Å². The number of nitrogens with zero attached hydrogens (tertiary/aromatic N) is 2. The average Bonchev–Trinajstić information content (AvgIpc) is 2.28. The van der Waals surface area contributed by atoms with E-state index in [4.69, 9.17) is 0 Å². The van der Waals surface area contributed by atoms with Crippen LogP contribution in [0.15, 0.2) is 18.2 Å². The van der Waals surface area contributed by atoms with Crippen LogP contribution >= 0.6 is 0 Å². The number of nitro groups is 1. The number of carbonyl (C=O) groups is 1. The zero-order valence-corrected chi connectivity index (χ0v) is 10.9. The predicted molar refractivity (Wildman–Crippen MR) is 69.9 cm³/mol. The SMILES string of the molecule is CC(C)c1ccc(NC(=O)N(C)C)cc1[N+](=O)[O-]. The number of anilines is 1. The first-order chi connectivity index (χ1) is 8.32. The number of amides is 2. The molecule has 0 unspecified atom stereocenters. The van der Waals surface area contributed by atoms with E-state index in [0.717, 1.165) is 0 Å². The van der Waals surface area contributed by atoms with Crippen molar-refractivity contribution in [1.29, 1.82) is 0 Å². The Morgan fingerprint density at radius 3 is 2.44 bits per heavy atom. The lowest BCUT2D eigenvalue weighted by molar-refractivity contribution is -0.385. The molecule has 1 aromatic rings. The Labute approximate surface area is 106 Å². The van der Waals surface area contributed by atoms with E-state index in [0.29, 0.717) is 11.3 Å². The zero-order chi connectivity index (χ0) is 13.9. The van der Waals surface area contributed by atoms with E-state index in [1.54, 1.807) is 26.2 Å². The van der Waals surface area contributed by atoms with Crippen molar-refractivity contribution < 1.29 is 9.72 Å². The van der Waals surface area contributed by atoms with Crippen molar-refractivity contribution in [2.24, 2.45) is 0 Å². The minimum Gasteiger partial charge on any atom is -0.331 e. The molecule has 0 saturated heterocycles. The van der Waals surface area contributed by atoms with Crippen LogP contribution in [0.25, 0.3) is 0 Å². The summed E-state index contributed by atoms with van der Waals surface area (Å²) in [6.45, 7) is 3.78. The lowest BCUT2D eigenvalue weighted by Gasteiger charge is -2.13. The van der Waals surface area contributed by atoms with Gasteiger partial charge in [0.1, 0.15) is 0 Å². The van der Waals surface area contributed by atoms with Gasteiger partial charge in [-0.1, -0.05) is 13.8 Å². The summed E-state index contributed by atoms with van der Waals surface area (Å²) in [5.74, 6) is 0.0593. The number of rotatable bonds is 3. The van der Waals surface area contributed by atoms with Crippen LogP contribution in [0, 0.1) is 10.1 Å². The van der Waals surface area contributed by atoms with Crippen LogP contribution < -0.4 is 5.32 Å². The summed E-state index contributed by atoms with van der Waals surface area (Å²) < 4.78 is 0. The number of benzene rings is 1. The number of urea groups is 1. The molecule has 18 heavy (non-hydrogen) atoms. The van der Waals surface area contributed by atoms with Crippen molar-refractivity contribution in [2.45, 2.75) is 19.8 Å². The van der Waals surface area contributed by atoms with Gasteiger partial charge in [-0.05, 0) is 18.1 Å². The third-order valence-corrected chi connectivity index (χ3v) is 2.51. The van der Waals surface area contributed by atoms with Crippen molar-refractivity contribution in [3.05, 3.63) is 33.9 Å². The van der Waals surface area contributed by atoms with Crippen LogP contribution in [0.3, 0.4) is 0 Å². The number of nitro benzene ring substituents is 1. The van der Waals surface area contributed by atoms with Crippen molar-refractivity contribution >= 4 is 17.4 Å². The smallest absolute Gasteiger partial charge is 0.321 e. The van der Waals surface area contributed by atoms with Crippen molar-refractivity contribution in [3.8, 4) is 0 Å². The fraction of sp³-hybridized carbons (Fsp3) is 0.417. The third kappa shape index (κ3) is 3.19. The van der Waals surface area contributed by atoms with Crippen LogP contribution in [0.2, 0.25) is 0 Å². The maximum absolute atomic E-state index is 11.5. The van der Waals surface area contributed by atoms with Gasteiger partial charge in [0.2, 0.25) is 0 Å². The van der Waals surface area contributed by atoms with Gasteiger partial charge >= 0.3 is 6.03 Å². The Morgan fingerprint density at radius 2 is 2.00 bits per heavy atom. The molecule has 6 nitrogen and oxygen atoms in total. The van der Waals surface area contributed by atoms with Gasteiger partial charge in [-0.2, -0.15) is 0 Å². The Kier molecular flexibility index (Phi) is 4.25. The molecule has 1 aromatic carbocycles. The second-order valence-corrected chi connectivity index (χ2v) is 4.51. The molecular formula is C12H17N3O3. The summed E-state index contributed by atoms with van der Waals surface area (Å²) >= 11 is 0. The fourth-order valence-corrected chi connectivity index (χ4v) is 1.50. The van der Waals surface area contributed by atoms with Gasteiger partial charge in [-0.25, -0.2) is 4.79 Å². The Bertz CT molecular complexity index is 470. The monoisotopic (exact) mass is 251 g/mol. The molecule has 0 aliphatic heterocycles. The van der Waals surface area contributed by atoms with Gasteiger partial charge in [0, 0.05) is 31.4 Å². The summed E-state index contributed by atoms with van der Waals surface area (Å²) in [6, 6.07) is 4.41. The van der Waals surface area contributed by atoms with E-state index in [-0.39, 0.29) is 17.6 Å². The molecule has 0 aliphatic carbocycles. The molecule has 1 rings (SSSR count). The topological polar surface area (TPSA) is 75.5 Å². The van der Waals surface area contributed by atoms with Gasteiger partial charge in [0.05, 0.1) is 4.92 Å². The Morgan fingerprint density at radius 1 is 1.39 bits per heavy atom. The molecule has 0 fully saturated rings. The number of hydrogen-bond acceptors (Lipinski definition) is 3. The van der Waals surface area contributed by atoms with Crippen LogP contribution in [-0.4, -0.2) is 29.9 Å². The van der Waals surface area contributed by atoms with Gasteiger partial charge in [0.25, 0.3) is 5.69 Å². The maximum Gasteiger partial charge on any atom is 0.321 e. The molecule has 98 valence electrons. The molecule has 0 heterocycles. The highest BCUT2D eigenvalue weighted by Crippen LogP contribution is 2.29. The third-order valence-electron chi connectivity index (χ3n) is 2.51. The number of nitrogens with one attached hydrogen (secondary N) is 1. The summed E-state index contributed by atoms with van der Waals surface area (Å²) in [5.41, 5.74) is 1.11. The molecular weight excluding hydrogens is 234 g/mol. The Hall–Kier alpha value is -2.11. The van der Waals surface area contributed by atoms with E-state index in [2.05, 4.69) is 5.32 Å². The van der Waals surface area contributed by atoms with E-state index < -0.39 is 4.92 Å². The van der Waals surface area contributed by atoms with Crippen LogP contribution in [0.4, 0.5) is 16.2 Å². The van der Waals surface area contributed by atoms with E-state index >= 15 is 0 Å². The summed E-state index contributed by atoms with van der Waals surface area (Å²) in [6.07, 6.45) is 0. The van der Waals surface area contributed by atoms with Crippen LogP contribution in [-0.2, 0) is 0 Å². The first-order valence-corrected chi connectivity index (χ1v) is 5.59. The molecule has 0 aliphatic rings. The highest BCUT2D eigenvalue weighted by Gasteiger charge is 2.17. The quantitative estimate of drug-likeness (QED) is 0.663. The molecule has 0 saturated carbocycles. The first kappa shape index (κ1) is 14.0. The predicted octanol–water partition coefficient (Wildman–Crippen LogP) is 2.81. The lowest BCUT2D eigenvalue weighted by atomic mass is 10.0. The van der Waals surface area contributed by atoms with E-state index in [1.165, 1.54) is 11.0 Å². The lowest BCUT2D eigenvalue weighted by Crippen LogP contribution is -2.27. The normalized spacial score (nSPS) is 10.3. The fourth-order valence-electron chi connectivity index (χ4n) is 1.50. The standard InChI is InChI=1S/C12H17N3O3/c1-8(2)10-6-5-9(7-11(10)15(17)18)13-12(16)14(3)4/h5-8H,1-4H3,(H,13,16). The van der Waals surface area contributed by atoms with Gasteiger partial charge < -0.3 is 10.2 Å². The molecule has 0 bridgehead atoms. The summed E-state index contributed by atoms with van der Waals surface area (Å²) in [7, 11) is 3.21. The minimum atomic E-state index is -0.430. The summed E-state index contributed by atoms with van der Waals surface area (Å²) in [5, 5.41) is 13.6. The largest absolute Gasteiger partial charge is 0.331 e. The minimum absolute atomic E-state index is 0.0292. The molecule has 2 amide bonds. The van der Waals surface area contributed by atoms with Gasteiger partial charge in [0.15, 0.2) is 0 Å². The van der Waals surface area contributed by atoms with E-state index in [1.807, 2.05) is 13.8 Å². The second kappa shape index (κ2) is 5.48. The summed E-state index contributed by atoms with van der Waals surface area (Å²) in [4.78, 5) is 23.4. The second-order valence-electron chi connectivity index (χ2n) is 4.51. The van der Waals surface area contributed by atoms with Crippen molar-refractivity contribution in [3.63, 3.8) is 0 Å². The van der Waals surface area contributed by atoms with Crippen molar-refractivity contribution in [2.75, 3.05) is 19.4 Å². The van der Waals surface area contributed by atoms with Crippen LogP contribution in [0.1, 0.15) is 25.3 Å². The molecule has 0 atom stereocenters. The molecule has 0 aromatic heterocycles. The van der Waals surface area contributed by atoms with Crippen molar-refractivity contribution in [1.82, 2.24) is 4.90 Å². The maximum atomic E-state index is 11.5. The molecule has 0 spiro atoms. The van der Waals surface area contributed by atoms with Crippen LogP contribution in [0.5, 0.6) is 0 Å². The number of carbonyl (C=O) groups excluding carboxylic acids is 1. The zero-order valence-electron chi connectivity index (χ0n) is 10.9. The van der Waals surface area contributed by atoms with Gasteiger partial charge in [-0.3, -0.25) is 10.1 Å². The first-order valence-electron chi connectivity index (χ1n) is 5.59. The number of hydrogen-bond donors (Lipinski definition) is 1. The highest BCUT2D eigenvalue weighted by molar-refractivity contribution is 5.89. The average molecular weight is 251 g/mol.